The molecule has 7 nitrogen and oxygen atoms in total. The normalized spacial score (nSPS) is 20.0. The maximum atomic E-state index is 13.2. The van der Waals surface area contributed by atoms with Crippen LogP contribution in [0.4, 0.5) is 0 Å². The molecule has 0 spiro atoms. The molecule has 1 amide bonds. The number of para-hydroxylation sites is 1. The lowest BCUT2D eigenvalue weighted by atomic mass is 10.00. The zero-order valence-corrected chi connectivity index (χ0v) is 18.4. The second-order valence-corrected chi connectivity index (χ2v) is 8.24. The van der Waals surface area contributed by atoms with Gasteiger partial charge in [0.25, 0.3) is 5.91 Å². The van der Waals surface area contributed by atoms with Crippen LogP contribution in [0, 0.1) is 13.8 Å². The Hall–Kier alpha value is -3.58. The molecule has 164 valence electrons. The summed E-state index contributed by atoms with van der Waals surface area (Å²) in [4.78, 5) is 19.6. The lowest BCUT2D eigenvalue weighted by Crippen LogP contribution is -2.47. The first-order valence-electron chi connectivity index (χ1n) is 10.7. The first-order chi connectivity index (χ1) is 15.5. The summed E-state index contributed by atoms with van der Waals surface area (Å²) in [6.07, 6.45) is 4.45. The number of nitrogens with one attached hydrogen (secondary N) is 1. The summed E-state index contributed by atoms with van der Waals surface area (Å²) in [7, 11) is 1.62. The summed E-state index contributed by atoms with van der Waals surface area (Å²) in [5, 5.41) is 1.92. The zero-order valence-electron chi connectivity index (χ0n) is 18.4. The van der Waals surface area contributed by atoms with Crippen LogP contribution < -0.4 is 10.2 Å². The summed E-state index contributed by atoms with van der Waals surface area (Å²) < 4.78 is 11.3. The highest BCUT2D eigenvalue weighted by atomic mass is 16.5. The van der Waals surface area contributed by atoms with Gasteiger partial charge in [0.05, 0.1) is 25.3 Å². The Kier molecular flexibility index (Phi) is 5.19. The van der Waals surface area contributed by atoms with E-state index in [-0.39, 0.29) is 18.0 Å². The Bertz CT molecular complexity index is 1170. The van der Waals surface area contributed by atoms with Crippen molar-refractivity contribution in [2.45, 2.75) is 38.9 Å². The number of ether oxygens (including phenoxy) is 1. The van der Waals surface area contributed by atoms with Gasteiger partial charge in [-0.2, -0.15) is 0 Å². The molecule has 2 aliphatic heterocycles. The number of carbonyl (C=O) groups excluding carboxylic acids is 1. The standard InChI is InChI=1S/C25H26N4O3/c1-16-8-10-18(11-9-16)20-14-22-25(30)28(12-13-29(22)27-20)15-21-17(2)32-24(26-21)19-6-4-5-7-23(19)31-3/h4-13,20,22,27H,14-15H2,1-3H3. The zero-order chi connectivity index (χ0) is 22.2. The Morgan fingerprint density at radius 1 is 1.12 bits per heavy atom. The van der Waals surface area contributed by atoms with Crippen LogP contribution in [0.25, 0.3) is 11.5 Å². The third-order valence-electron chi connectivity index (χ3n) is 6.10. The molecule has 0 bridgehead atoms. The fourth-order valence-electron chi connectivity index (χ4n) is 4.26. The van der Waals surface area contributed by atoms with Crippen LogP contribution in [0.2, 0.25) is 0 Å². The molecule has 2 aliphatic rings. The summed E-state index contributed by atoms with van der Waals surface area (Å²) in [6.45, 7) is 4.31. The number of hydrazine groups is 1. The quantitative estimate of drug-likeness (QED) is 0.657. The molecule has 1 fully saturated rings. The van der Waals surface area contributed by atoms with Crippen molar-refractivity contribution in [3.8, 4) is 17.2 Å². The van der Waals surface area contributed by atoms with Crippen LogP contribution in [0.1, 0.15) is 35.0 Å². The molecule has 7 heteroatoms. The molecule has 0 saturated carbocycles. The minimum Gasteiger partial charge on any atom is -0.496 e. The number of carbonyl (C=O) groups is 1. The molecule has 1 aromatic heterocycles. The van der Waals surface area contributed by atoms with E-state index in [0.29, 0.717) is 30.4 Å². The molecule has 5 rings (SSSR count). The van der Waals surface area contributed by atoms with Crippen molar-refractivity contribution in [3.05, 3.63) is 83.5 Å². The summed E-state index contributed by atoms with van der Waals surface area (Å²) in [5.41, 5.74) is 7.38. The average Bonchev–Trinajstić information content (AvgIpc) is 3.40. The maximum Gasteiger partial charge on any atom is 0.251 e. The van der Waals surface area contributed by atoms with Gasteiger partial charge in [-0.05, 0) is 38.0 Å². The van der Waals surface area contributed by atoms with Crippen molar-refractivity contribution in [2.75, 3.05) is 7.11 Å². The predicted molar refractivity (Wildman–Crippen MR) is 120 cm³/mol. The lowest BCUT2D eigenvalue weighted by Gasteiger charge is -2.31. The van der Waals surface area contributed by atoms with Gasteiger partial charge in [-0.25, -0.2) is 10.4 Å². The van der Waals surface area contributed by atoms with Crippen molar-refractivity contribution >= 4 is 5.91 Å². The second-order valence-electron chi connectivity index (χ2n) is 8.24. The molecule has 32 heavy (non-hydrogen) atoms. The number of rotatable bonds is 5. The molecule has 1 N–H and O–H groups in total. The van der Waals surface area contributed by atoms with E-state index in [1.54, 1.807) is 18.2 Å². The summed E-state index contributed by atoms with van der Waals surface area (Å²) in [6, 6.07) is 15.9. The topological polar surface area (TPSA) is 70.8 Å². The van der Waals surface area contributed by atoms with Crippen molar-refractivity contribution < 1.29 is 13.9 Å². The Balaban J connectivity index is 1.33. The second kappa shape index (κ2) is 8.16. The highest BCUT2D eigenvalue weighted by molar-refractivity contribution is 5.84. The summed E-state index contributed by atoms with van der Waals surface area (Å²) in [5.74, 6) is 1.93. The third kappa shape index (κ3) is 3.65. The van der Waals surface area contributed by atoms with Crippen molar-refractivity contribution in [3.63, 3.8) is 0 Å². The first kappa shape index (κ1) is 20.3. The minimum absolute atomic E-state index is 0.0517. The third-order valence-corrected chi connectivity index (χ3v) is 6.10. The average molecular weight is 431 g/mol. The SMILES string of the molecule is COc1ccccc1-c1nc(CN2C=CN3NC(c4ccc(C)cc4)CC3C2=O)c(C)o1. The van der Waals surface area contributed by atoms with Crippen LogP contribution in [-0.4, -0.2) is 34.0 Å². The van der Waals surface area contributed by atoms with E-state index in [9.17, 15) is 4.79 Å². The van der Waals surface area contributed by atoms with Crippen LogP contribution in [0.15, 0.2) is 65.3 Å². The number of hydrogen-bond donors (Lipinski definition) is 1. The number of benzene rings is 2. The Morgan fingerprint density at radius 2 is 1.91 bits per heavy atom. The van der Waals surface area contributed by atoms with Crippen molar-refractivity contribution in [2.24, 2.45) is 0 Å². The van der Waals surface area contributed by atoms with Crippen LogP contribution in [0.3, 0.4) is 0 Å². The van der Waals surface area contributed by atoms with Gasteiger partial charge < -0.3 is 19.1 Å². The van der Waals surface area contributed by atoms with E-state index >= 15 is 0 Å². The molecular weight excluding hydrogens is 404 g/mol. The highest BCUT2D eigenvalue weighted by Gasteiger charge is 2.40. The fourth-order valence-corrected chi connectivity index (χ4v) is 4.26. The van der Waals surface area contributed by atoms with E-state index < -0.39 is 0 Å². The van der Waals surface area contributed by atoms with Gasteiger partial charge in [-0.15, -0.1) is 0 Å². The number of hydrogen-bond acceptors (Lipinski definition) is 6. The van der Waals surface area contributed by atoms with Gasteiger partial charge in [0, 0.05) is 12.4 Å². The van der Waals surface area contributed by atoms with E-state index in [0.717, 1.165) is 11.3 Å². The maximum absolute atomic E-state index is 13.2. The molecule has 2 unspecified atom stereocenters. The van der Waals surface area contributed by atoms with E-state index in [2.05, 4.69) is 41.6 Å². The number of nitrogens with zero attached hydrogens (tertiary/aromatic N) is 3. The molecule has 0 aliphatic carbocycles. The van der Waals surface area contributed by atoms with Gasteiger partial charge in [-0.1, -0.05) is 42.0 Å². The molecule has 1 saturated heterocycles. The fraction of sp³-hybridized carbons (Fsp3) is 0.280. The van der Waals surface area contributed by atoms with Gasteiger partial charge >= 0.3 is 0 Å². The number of aryl methyl sites for hydroxylation is 2. The smallest absolute Gasteiger partial charge is 0.251 e. The largest absolute Gasteiger partial charge is 0.496 e. The van der Waals surface area contributed by atoms with Gasteiger partial charge in [0.1, 0.15) is 23.2 Å². The number of fused-ring (bicyclic) bond motifs is 1. The molecular formula is C25H26N4O3. The molecule has 3 heterocycles. The highest BCUT2D eigenvalue weighted by Crippen LogP contribution is 2.33. The first-order valence-corrected chi connectivity index (χ1v) is 10.7. The van der Waals surface area contributed by atoms with E-state index in [4.69, 9.17) is 9.15 Å². The minimum atomic E-state index is -0.243. The number of aromatic nitrogens is 1. The number of oxazole rings is 1. The van der Waals surface area contributed by atoms with Crippen LogP contribution >= 0.6 is 0 Å². The molecule has 2 atom stereocenters. The van der Waals surface area contributed by atoms with Gasteiger partial charge in [0.2, 0.25) is 5.89 Å². The lowest BCUT2D eigenvalue weighted by molar-refractivity contribution is -0.135. The summed E-state index contributed by atoms with van der Waals surface area (Å²) >= 11 is 0. The van der Waals surface area contributed by atoms with Crippen LogP contribution in [0.5, 0.6) is 5.75 Å². The van der Waals surface area contributed by atoms with Gasteiger partial charge in [0.15, 0.2) is 0 Å². The monoisotopic (exact) mass is 430 g/mol. The van der Waals surface area contributed by atoms with Gasteiger partial charge in [-0.3, -0.25) is 4.79 Å². The predicted octanol–water partition coefficient (Wildman–Crippen LogP) is 4.10. The van der Waals surface area contributed by atoms with E-state index in [1.807, 2.05) is 42.4 Å². The Morgan fingerprint density at radius 3 is 2.69 bits per heavy atom. The molecule has 3 aromatic rings. The van der Waals surface area contributed by atoms with Crippen molar-refractivity contribution in [1.82, 2.24) is 20.3 Å². The number of amides is 1. The molecule has 0 radical (unpaired) electrons. The molecule has 2 aromatic carbocycles. The van der Waals surface area contributed by atoms with E-state index in [1.165, 1.54) is 11.1 Å². The Labute approximate surface area is 187 Å². The van der Waals surface area contributed by atoms with Crippen molar-refractivity contribution in [1.29, 1.82) is 0 Å². The van der Waals surface area contributed by atoms with Crippen LogP contribution in [-0.2, 0) is 11.3 Å². The number of methoxy groups -OCH3 is 1.